The number of hydrogen-bond acceptors (Lipinski definition) is 7. The zero-order valence-electron chi connectivity index (χ0n) is 14.0. The summed E-state index contributed by atoms with van der Waals surface area (Å²) in [7, 11) is 3.51. The maximum absolute atomic E-state index is 12.2. The van der Waals surface area contributed by atoms with Crippen LogP contribution in [0.5, 0.6) is 5.75 Å². The van der Waals surface area contributed by atoms with Crippen molar-refractivity contribution in [1.29, 1.82) is 0 Å². The number of amides is 1. The fourth-order valence-corrected chi connectivity index (χ4v) is 3.46. The molecule has 1 amide bonds. The van der Waals surface area contributed by atoms with Crippen molar-refractivity contribution in [2.24, 2.45) is 7.05 Å². The number of carbonyl (C=O) groups excluding carboxylic acids is 1. The zero-order chi connectivity index (χ0) is 17.8. The summed E-state index contributed by atoms with van der Waals surface area (Å²) in [5, 5.41) is 14.0. The first-order valence-electron chi connectivity index (χ1n) is 7.49. The first kappa shape index (κ1) is 17.4. The highest BCUT2D eigenvalue weighted by Crippen LogP contribution is 2.27. The first-order chi connectivity index (χ1) is 12.1. The van der Waals surface area contributed by atoms with E-state index in [-0.39, 0.29) is 11.2 Å². The van der Waals surface area contributed by atoms with Crippen LogP contribution in [0.3, 0.4) is 0 Å². The van der Waals surface area contributed by atoms with Gasteiger partial charge in [-0.1, -0.05) is 11.8 Å². The molecule has 2 aromatic heterocycles. The van der Waals surface area contributed by atoms with Crippen LogP contribution in [0, 0.1) is 0 Å². The van der Waals surface area contributed by atoms with Gasteiger partial charge >= 0.3 is 0 Å². The molecule has 130 valence electrons. The summed E-state index contributed by atoms with van der Waals surface area (Å²) in [4.78, 5) is 16.3. The molecule has 3 aromatic rings. The fourth-order valence-electron chi connectivity index (χ4n) is 2.11. The quantitative estimate of drug-likeness (QED) is 0.667. The lowest BCUT2D eigenvalue weighted by molar-refractivity contribution is -0.115. The molecule has 0 radical (unpaired) electrons. The number of thiazole rings is 1. The largest absolute Gasteiger partial charge is 0.497 e. The van der Waals surface area contributed by atoms with Crippen molar-refractivity contribution in [3.63, 3.8) is 0 Å². The second-order valence-electron chi connectivity index (χ2n) is 5.18. The molecule has 0 fully saturated rings. The summed E-state index contributed by atoms with van der Waals surface area (Å²) in [6.07, 6.45) is 1.65. The SMILES string of the molecule is COc1ccc(-c2nnc(S[C@H](C)C(=O)Nc3nccs3)n2C)cc1. The lowest BCUT2D eigenvalue weighted by atomic mass is 10.2. The van der Waals surface area contributed by atoms with Gasteiger partial charge in [-0.3, -0.25) is 4.79 Å². The van der Waals surface area contributed by atoms with Gasteiger partial charge in [0.25, 0.3) is 0 Å². The lowest BCUT2D eigenvalue weighted by Gasteiger charge is -2.10. The predicted molar refractivity (Wildman–Crippen MR) is 99.1 cm³/mol. The second-order valence-corrected chi connectivity index (χ2v) is 7.38. The summed E-state index contributed by atoms with van der Waals surface area (Å²) >= 11 is 2.74. The van der Waals surface area contributed by atoms with E-state index < -0.39 is 0 Å². The lowest BCUT2D eigenvalue weighted by Crippen LogP contribution is -2.22. The highest BCUT2D eigenvalue weighted by Gasteiger charge is 2.20. The molecule has 0 saturated carbocycles. The van der Waals surface area contributed by atoms with Crippen LogP contribution in [-0.2, 0) is 11.8 Å². The Bertz CT molecular complexity index is 846. The number of anilines is 1. The molecule has 0 saturated heterocycles. The Balaban J connectivity index is 1.70. The molecule has 2 heterocycles. The second kappa shape index (κ2) is 7.66. The normalized spacial score (nSPS) is 12.0. The summed E-state index contributed by atoms with van der Waals surface area (Å²) < 4.78 is 7.04. The maximum atomic E-state index is 12.2. The highest BCUT2D eigenvalue weighted by molar-refractivity contribution is 8.00. The van der Waals surface area contributed by atoms with E-state index in [1.54, 1.807) is 13.3 Å². The Morgan fingerprint density at radius 3 is 2.72 bits per heavy atom. The van der Waals surface area contributed by atoms with E-state index in [1.807, 2.05) is 48.2 Å². The summed E-state index contributed by atoms with van der Waals surface area (Å²) in [5.74, 6) is 1.40. The monoisotopic (exact) mass is 375 g/mol. The third-order valence-corrected chi connectivity index (χ3v) is 5.32. The minimum Gasteiger partial charge on any atom is -0.497 e. The summed E-state index contributed by atoms with van der Waals surface area (Å²) in [6, 6.07) is 7.60. The van der Waals surface area contributed by atoms with Crippen molar-refractivity contribution < 1.29 is 9.53 Å². The molecule has 0 aliphatic rings. The number of aromatic nitrogens is 4. The van der Waals surface area contributed by atoms with E-state index in [9.17, 15) is 4.79 Å². The molecule has 7 nitrogen and oxygen atoms in total. The van der Waals surface area contributed by atoms with Gasteiger partial charge in [-0.2, -0.15) is 0 Å². The van der Waals surface area contributed by atoms with Crippen LogP contribution in [-0.4, -0.2) is 38.0 Å². The van der Waals surface area contributed by atoms with Gasteiger partial charge in [0.1, 0.15) is 5.75 Å². The van der Waals surface area contributed by atoms with Crippen LogP contribution >= 0.6 is 23.1 Å². The van der Waals surface area contributed by atoms with Crippen LogP contribution < -0.4 is 10.1 Å². The molecule has 1 aromatic carbocycles. The van der Waals surface area contributed by atoms with Gasteiger partial charge in [-0.15, -0.1) is 21.5 Å². The zero-order valence-corrected chi connectivity index (χ0v) is 15.6. The minimum atomic E-state index is -0.324. The molecule has 0 spiro atoms. The van der Waals surface area contributed by atoms with E-state index in [2.05, 4.69) is 20.5 Å². The van der Waals surface area contributed by atoms with Crippen LogP contribution in [0.15, 0.2) is 41.0 Å². The van der Waals surface area contributed by atoms with Gasteiger partial charge in [0.05, 0.1) is 12.4 Å². The smallest absolute Gasteiger partial charge is 0.239 e. The Kier molecular flexibility index (Phi) is 5.34. The molecular weight excluding hydrogens is 358 g/mol. The third-order valence-electron chi connectivity index (χ3n) is 3.50. The topological polar surface area (TPSA) is 81.9 Å². The summed E-state index contributed by atoms with van der Waals surface area (Å²) in [6.45, 7) is 1.83. The average Bonchev–Trinajstić information content (AvgIpc) is 3.25. The number of nitrogens with one attached hydrogen (secondary N) is 1. The van der Waals surface area contributed by atoms with Crippen LogP contribution in [0.4, 0.5) is 5.13 Å². The van der Waals surface area contributed by atoms with Gasteiger partial charge < -0.3 is 14.6 Å². The van der Waals surface area contributed by atoms with Gasteiger partial charge in [-0.25, -0.2) is 4.98 Å². The van der Waals surface area contributed by atoms with Crippen LogP contribution in [0.2, 0.25) is 0 Å². The third kappa shape index (κ3) is 3.99. The van der Waals surface area contributed by atoms with Crippen LogP contribution in [0.25, 0.3) is 11.4 Å². The molecule has 3 rings (SSSR count). The molecular formula is C16H17N5O2S2. The number of methoxy groups -OCH3 is 1. The van der Waals surface area contributed by atoms with Crippen LogP contribution in [0.1, 0.15) is 6.92 Å². The Hall–Kier alpha value is -2.39. The fraction of sp³-hybridized carbons (Fsp3) is 0.250. The van der Waals surface area contributed by atoms with E-state index in [0.717, 1.165) is 17.1 Å². The molecule has 0 unspecified atom stereocenters. The number of hydrogen-bond donors (Lipinski definition) is 1. The maximum Gasteiger partial charge on any atom is 0.239 e. The molecule has 1 atom stereocenters. The number of carbonyl (C=O) groups is 1. The molecule has 25 heavy (non-hydrogen) atoms. The number of rotatable bonds is 6. The van der Waals surface area contributed by atoms with E-state index in [0.29, 0.717) is 10.3 Å². The van der Waals surface area contributed by atoms with E-state index in [4.69, 9.17) is 4.74 Å². The standard InChI is InChI=1S/C16H17N5O2S2/c1-10(14(22)18-15-17-8-9-24-15)25-16-20-19-13(21(16)2)11-4-6-12(23-3)7-5-11/h4-10H,1-3H3,(H,17,18,22)/t10-/m1/s1. The molecule has 1 N–H and O–H groups in total. The van der Waals surface area contributed by atoms with Crippen molar-refractivity contribution in [3.05, 3.63) is 35.8 Å². The van der Waals surface area contributed by atoms with Crippen molar-refractivity contribution in [1.82, 2.24) is 19.7 Å². The van der Waals surface area contributed by atoms with Gasteiger partial charge in [0.2, 0.25) is 5.91 Å². The highest BCUT2D eigenvalue weighted by atomic mass is 32.2. The molecule has 9 heteroatoms. The van der Waals surface area contributed by atoms with Gasteiger partial charge in [-0.05, 0) is 31.2 Å². The van der Waals surface area contributed by atoms with E-state index in [1.165, 1.54) is 23.1 Å². The number of nitrogens with zero attached hydrogens (tertiary/aromatic N) is 4. The Morgan fingerprint density at radius 1 is 1.32 bits per heavy atom. The van der Waals surface area contributed by atoms with E-state index >= 15 is 0 Å². The molecule has 0 aliphatic heterocycles. The Morgan fingerprint density at radius 2 is 2.08 bits per heavy atom. The van der Waals surface area contributed by atoms with Crippen molar-refractivity contribution >= 4 is 34.1 Å². The first-order valence-corrected chi connectivity index (χ1v) is 9.25. The minimum absolute atomic E-state index is 0.117. The molecule has 0 bridgehead atoms. The van der Waals surface area contributed by atoms with Crippen molar-refractivity contribution in [3.8, 4) is 17.1 Å². The van der Waals surface area contributed by atoms with Gasteiger partial charge in [0, 0.05) is 24.2 Å². The van der Waals surface area contributed by atoms with Crippen molar-refractivity contribution in [2.45, 2.75) is 17.3 Å². The average molecular weight is 375 g/mol. The van der Waals surface area contributed by atoms with Gasteiger partial charge in [0.15, 0.2) is 16.1 Å². The number of thioether (sulfide) groups is 1. The predicted octanol–water partition coefficient (Wildman–Crippen LogP) is 3.07. The number of ether oxygens (including phenoxy) is 1. The van der Waals surface area contributed by atoms with Crippen molar-refractivity contribution in [2.75, 3.05) is 12.4 Å². The number of benzene rings is 1. The summed E-state index contributed by atoms with van der Waals surface area (Å²) in [5.41, 5.74) is 0.933. The molecule has 0 aliphatic carbocycles. The Labute approximate surface area is 153 Å².